The fraction of sp³-hybridized carbons (Fsp3) is 0.208. The summed E-state index contributed by atoms with van der Waals surface area (Å²) in [5.74, 6) is 0.335. The Balaban J connectivity index is 1.60. The molecule has 3 rings (SSSR count). The number of carbonyl (C=O) groups excluding carboxylic acids is 1. The standard InChI is InChI=1S/C24H24N4O4S/c1-18(20-6-4-8-22(16-20)32-17-21-7-2-3-14-26-21)28-24(29)19-9-11-23(12-10-19)33(30,31)27-15-5-13-25/h2-4,6-12,14,16,18,27H,5,15,17H2,1H3,(H,28,29). The molecule has 0 aliphatic rings. The molecule has 1 aromatic heterocycles. The van der Waals surface area contributed by atoms with Crippen LogP contribution >= 0.6 is 0 Å². The summed E-state index contributed by atoms with van der Waals surface area (Å²) < 4.78 is 32.5. The highest BCUT2D eigenvalue weighted by Crippen LogP contribution is 2.20. The third-order valence-electron chi connectivity index (χ3n) is 4.77. The van der Waals surface area contributed by atoms with Crippen LogP contribution < -0.4 is 14.8 Å². The van der Waals surface area contributed by atoms with Gasteiger partial charge in [-0.25, -0.2) is 13.1 Å². The minimum absolute atomic E-state index is 0.0304. The van der Waals surface area contributed by atoms with Gasteiger partial charge in [-0.15, -0.1) is 0 Å². The Kier molecular flexibility index (Phi) is 8.13. The van der Waals surface area contributed by atoms with Gasteiger partial charge in [-0.1, -0.05) is 18.2 Å². The van der Waals surface area contributed by atoms with Gasteiger partial charge in [0.25, 0.3) is 5.91 Å². The molecule has 0 aliphatic heterocycles. The minimum atomic E-state index is -3.72. The number of carbonyl (C=O) groups is 1. The van der Waals surface area contributed by atoms with Crippen molar-refractivity contribution in [3.05, 3.63) is 89.7 Å². The van der Waals surface area contributed by atoms with Crippen molar-refractivity contribution in [2.75, 3.05) is 6.54 Å². The molecule has 2 aromatic carbocycles. The van der Waals surface area contributed by atoms with E-state index in [1.54, 1.807) is 6.20 Å². The van der Waals surface area contributed by atoms with Crippen molar-refractivity contribution in [2.45, 2.75) is 30.9 Å². The van der Waals surface area contributed by atoms with Crippen molar-refractivity contribution < 1.29 is 17.9 Å². The number of nitrogens with zero attached hydrogens (tertiary/aromatic N) is 2. The van der Waals surface area contributed by atoms with E-state index < -0.39 is 10.0 Å². The van der Waals surface area contributed by atoms with Gasteiger partial charge >= 0.3 is 0 Å². The minimum Gasteiger partial charge on any atom is -0.487 e. The molecule has 1 heterocycles. The van der Waals surface area contributed by atoms with E-state index >= 15 is 0 Å². The summed E-state index contributed by atoms with van der Waals surface area (Å²) in [6.07, 6.45) is 1.78. The molecule has 0 radical (unpaired) electrons. The predicted octanol–water partition coefficient (Wildman–Crippen LogP) is 3.34. The molecular weight excluding hydrogens is 440 g/mol. The van der Waals surface area contributed by atoms with E-state index in [9.17, 15) is 13.2 Å². The Hall–Kier alpha value is -3.74. The lowest BCUT2D eigenvalue weighted by atomic mass is 10.1. The summed E-state index contributed by atoms with van der Waals surface area (Å²) in [5.41, 5.74) is 2.01. The van der Waals surface area contributed by atoms with Crippen LogP contribution in [0.15, 0.2) is 77.8 Å². The van der Waals surface area contributed by atoms with E-state index in [1.165, 1.54) is 24.3 Å². The SMILES string of the molecule is CC(NC(=O)c1ccc(S(=O)(=O)NCCC#N)cc1)c1cccc(OCc2ccccn2)c1. The zero-order valence-corrected chi connectivity index (χ0v) is 18.9. The number of rotatable bonds is 10. The Morgan fingerprint density at radius 3 is 2.61 bits per heavy atom. The second kappa shape index (κ2) is 11.2. The van der Waals surface area contributed by atoms with Gasteiger partial charge in [0.2, 0.25) is 10.0 Å². The Morgan fingerprint density at radius 1 is 1.12 bits per heavy atom. The number of nitriles is 1. The van der Waals surface area contributed by atoms with Crippen LogP contribution in [0.4, 0.5) is 0 Å². The predicted molar refractivity (Wildman–Crippen MR) is 123 cm³/mol. The first kappa shape index (κ1) is 23.9. The molecule has 3 aromatic rings. The average molecular weight is 465 g/mol. The maximum Gasteiger partial charge on any atom is 0.251 e. The highest BCUT2D eigenvalue weighted by atomic mass is 32.2. The van der Waals surface area contributed by atoms with E-state index in [1.807, 2.05) is 55.5 Å². The number of aromatic nitrogens is 1. The third-order valence-corrected chi connectivity index (χ3v) is 6.25. The van der Waals surface area contributed by atoms with E-state index in [-0.39, 0.29) is 29.8 Å². The molecule has 0 bridgehead atoms. The van der Waals surface area contributed by atoms with Crippen LogP contribution in [0.1, 0.15) is 41.0 Å². The van der Waals surface area contributed by atoms with Crippen molar-refractivity contribution in [3.63, 3.8) is 0 Å². The summed E-state index contributed by atoms with van der Waals surface area (Å²) in [7, 11) is -3.72. The number of benzene rings is 2. The Morgan fingerprint density at radius 2 is 1.91 bits per heavy atom. The Labute approximate surface area is 193 Å². The van der Waals surface area contributed by atoms with Gasteiger partial charge in [-0.3, -0.25) is 9.78 Å². The number of nitrogens with one attached hydrogen (secondary N) is 2. The van der Waals surface area contributed by atoms with Crippen LogP contribution in [0.3, 0.4) is 0 Å². The summed E-state index contributed by atoms with van der Waals surface area (Å²) in [5, 5.41) is 11.4. The largest absolute Gasteiger partial charge is 0.487 e. The van der Waals surface area contributed by atoms with Crippen molar-refractivity contribution in [1.29, 1.82) is 5.26 Å². The summed E-state index contributed by atoms with van der Waals surface area (Å²) in [6, 6.07) is 20.3. The van der Waals surface area contributed by atoms with E-state index in [0.29, 0.717) is 17.9 Å². The topological polar surface area (TPSA) is 121 Å². The highest BCUT2D eigenvalue weighted by molar-refractivity contribution is 7.89. The number of sulfonamides is 1. The monoisotopic (exact) mass is 464 g/mol. The molecule has 1 amide bonds. The molecular formula is C24H24N4O4S. The van der Waals surface area contributed by atoms with Gasteiger partial charge in [0.15, 0.2) is 0 Å². The summed E-state index contributed by atoms with van der Waals surface area (Å²) in [4.78, 5) is 16.9. The molecule has 9 heteroatoms. The molecule has 0 fully saturated rings. The van der Waals surface area contributed by atoms with Gasteiger partial charge in [0, 0.05) is 24.7 Å². The van der Waals surface area contributed by atoms with Gasteiger partial charge in [-0.2, -0.15) is 5.26 Å². The second-order valence-corrected chi connectivity index (χ2v) is 8.97. The number of hydrogen-bond acceptors (Lipinski definition) is 6. The smallest absolute Gasteiger partial charge is 0.251 e. The van der Waals surface area contributed by atoms with E-state index in [4.69, 9.17) is 10.00 Å². The molecule has 2 N–H and O–H groups in total. The first-order chi connectivity index (χ1) is 15.9. The second-order valence-electron chi connectivity index (χ2n) is 7.21. The molecule has 8 nitrogen and oxygen atoms in total. The summed E-state index contributed by atoms with van der Waals surface area (Å²) in [6.45, 7) is 2.22. The van der Waals surface area contributed by atoms with Gasteiger partial charge in [0.1, 0.15) is 12.4 Å². The molecule has 33 heavy (non-hydrogen) atoms. The normalized spacial score (nSPS) is 11.9. The van der Waals surface area contributed by atoms with Crippen molar-refractivity contribution in [1.82, 2.24) is 15.0 Å². The quantitative estimate of drug-likeness (QED) is 0.444. The molecule has 0 spiro atoms. The fourth-order valence-electron chi connectivity index (χ4n) is 2.99. The average Bonchev–Trinajstić information content (AvgIpc) is 2.83. The summed E-state index contributed by atoms with van der Waals surface area (Å²) >= 11 is 0. The number of pyridine rings is 1. The van der Waals surface area contributed by atoms with Gasteiger partial charge < -0.3 is 10.1 Å². The van der Waals surface area contributed by atoms with Crippen LogP contribution in [0.2, 0.25) is 0 Å². The first-order valence-electron chi connectivity index (χ1n) is 10.3. The van der Waals surface area contributed by atoms with Crippen LogP contribution in [0.25, 0.3) is 0 Å². The lowest BCUT2D eigenvalue weighted by molar-refractivity contribution is 0.0939. The number of ether oxygens (including phenoxy) is 1. The molecule has 0 aliphatic carbocycles. The van der Waals surface area contributed by atoms with Crippen LogP contribution in [-0.4, -0.2) is 25.9 Å². The Bertz CT molecular complexity index is 1220. The zero-order chi connectivity index (χ0) is 23.7. The van der Waals surface area contributed by atoms with E-state index in [0.717, 1.165) is 11.3 Å². The lowest BCUT2D eigenvalue weighted by Crippen LogP contribution is -2.27. The van der Waals surface area contributed by atoms with Gasteiger partial charge in [-0.05, 0) is 61.0 Å². The van der Waals surface area contributed by atoms with E-state index in [2.05, 4.69) is 15.0 Å². The van der Waals surface area contributed by atoms with Gasteiger partial charge in [0.05, 0.1) is 22.7 Å². The fourth-order valence-corrected chi connectivity index (χ4v) is 4.02. The van der Waals surface area contributed by atoms with Crippen LogP contribution in [0, 0.1) is 11.3 Å². The molecule has 170 valence electrons. The van der Waals surface area contributed by atoms with Crippen molar-refractivity contribution in [3.8, 4) is 11.8 Å². The highest BCUT2D eigenvalue weighted by Gasteiger charge is 2.16. The van der Waals surface area contributed by atoms with Crippen LogP contribution in [0.5, 0.6) is 5.75 Å². The molecule has 1 atom stereocenters. The molecule has 0 saturated heterocycles. The molecule has 1 unspecified atom stereocenters. The number of hydrogen-bond donors (Lipinski definition) is 2. The third kappa shape index (κ3) is 6.87. The first-order valence-corrected chi connectivity index (χ1v) is 11.8. The van der Waals surface area contributed by atoms with Crippen molar-refractivity contribution in [2.24, 2.45) is 0 Å². The van der Waals surface area contributed by atoms with Crippen LogP contribution in [-0.2, 0) is 16.6 Å². The lowest BCUT2D eigenvalue weighted by Gasteiger charge is -2.16. The molecule has 0 saturated carbocycles. The number of amides is 1. The maximum absolute atomic E-state index is 12.6. The zero-order valence-electron chi connectivity index (χ0n) is 18.1. The van der Waals surface area contributed by atoms with Crippen molar-refractivity contribution >= 4 is 15.9 Å². The maximum atomic E-state index is 12.6.